The van der Waals surface area contributed by atoms with Crippen LogP contribution in [0.15, 0.2) is 323 Å². The van der Waals surface area contributed by atoms with Gasteiger partial charge in [-0.05, 0) is 139 Å². The first-order chi connectivity index (χ1) is 46.1. The Kier molecular flexibility index (Phi) is 13.0. The van der Waals surface area contributed by atoms with E-state index in [4.69, 9.17) is 8.83 Å². The number of benzene rings is 15. The van der Waals surface area contributed by atoms with Gasteiger partial charge >= 0.3 is 0 Å². The lowest BCUT2D eigenvalue weighted by Gasteiger charge is -2.14. The van der Waals surface area contributed by atoms with Crippen molar-refractivity contribution in [2.24, 2.45) is 0 Å². The minimum atomic E-state index is 0.912. The Balaban J connectivity index is 0.000000114. The van der Waals surface area contributed by atoms with Gasteiger partial charge < -0.3 is 18.4 Å². The van der Waals surface area contributed by atoms with Gasteiger partial charge in [0.25, 0.3) is 0 Å². The third kappa shape index (κ3) is 9.08. The molecular weight excluding hydrogens is 1200 g/mol. The molecule has 4 aromatic heterocycles. The zero-order chi connectivity index (χ0) is 61.5. The molecule has 434 valence electrons. The first-order valence-electron chi connectivity index (χ1n) is 31.5. The van der Waals surface area contributed by atoms with E-state index < -0.39 is 0 Å². The van der Waals surface area contributed by atoms with Gasteiger partial charge in [-0.25, -0.2) is 0 Å². The van der Waals surface area contributed by atoms with Gasteiger partial charge in [-0.2, -0.15) is 0 Å². The maximum atomic E-state index is 6.79. The number of furan rings is 2. The number of aromatic amines is 1. The molecule has 93 heavy (non-hydrogen) atoms. The number of fused-ring (bicyclic) bond motifs is 24. The van der Waals surface area contributed by atoms with Crippen molar-refractivity contribution >= 4 is 148 Å². The van der Waals surface area contributed by atoms with Crippen LogP contribution in [-0.4, -0.2) is 9.55 Å². The van der Waals surface area contributed by atoms with Crippen molar-refractivity contribution < 1.29 is 8.83 Å². The summed E-state index contributed by atoms with van der Waals surface area (Å²) in [5.41, 5.74) is 21.5. The van der Waals surface area contributed by atoms with Crippen LogP contribution in [0.3, 0.4) is 0 Å². The minimum absolute atomic E-state index is 0.912. The minimum Gasteiger partial charge on any atom is -0.455 e. The Hall–Kier alpha value is -11.9. The number of nitrogens with one attached hydrogen (secondary N) is 1. The van der Waals surface area contributed by atoms with Gasteiger partial charge in [0.2, 0.25) is 5.58 Å². The lowest BCUT2D eigenvalue weighted by atomic mass is 9.91. The van der Waals surface area contributed by atoms with Gasteiger partial charge in [-0.3, -0.25) is 0 Å². The largest absolute Gasteiger partial charge is 0.455 e. The van der Waals surface area contributed by atoms with Crippen molar-refractivity contribution in [3.8, 4) is 50.2 Å². The average Bonchev–Trinajstić information content (AvgIpc) is 1.57. The molecule has 0 saturated heterocycles. The fraction of sp³-hybridized carbons (Fsp3) is 0. The number of aromatic nitrogens is 2. The number of para-hydroxylation sites is 2. The molecular formula is C88H54BrN2O2+. The van der Waals surface area contributed by atoms with E-state index in [1.54, 1.807) is 0 Å². The number of allylic oxidation sites excluding steroid dienone is 2. The molecule has 1 aliphatic rings. The van der Waals surface area contributed by atoms with E-state index in [0.29, 0.717) is 0 Å². The number of halogens is 1. The van der Waals surface area contributed by atoms with E-state index in [9.17, 15) is 0 Å². The quantitative estimate of drug-likeness (QED) is 0.138. The van der Waals surface area contributed by atoms with Crippen LogP contribution in [0.4, 0.5) is 0 Å². The Morgan fingerprint density at radius 2 is 0.753 bits per heavy atom. The Morgan fingerprint density at radius 1 is 0.301 bits per heavy atom. The van der Waals surface area contributed by atoms with Crippen LogP contribution in [0.2, 0.25) is 0 Å². The van der Waals surface area contributed by atoms with E-state index in [0.717, 1.165) is 60.0 Å². The number of nitrogens with zero attached hydrogens (tertiary/aromatic N) is 1. The molecule has 0 amide bonds. The second-order valence-corrected chi connectivity index (χ2v) is 24.8. The fourth-order valence-electron chi connectivity index (χ4n) is 14.5. The molecule has 0 fully saturated rings. The molecule has 1 aliphatic carbocycles. The van der Waals surface area contributed by atoms with Crippen molar-refractivity contribution in [2.75, 3.05) is 0 Å². The summed E-state index contributed by atoms with van der Waals surface area (Å²) in [4.78, 5) is 3.56. The molecule has 0 saturated carbocycles. The number of H-pyrrole nitrogens is 1. The van der Waals surface area contributed by atoms with Crippen LogP contribution in [0.25, 0.3) is 182 Å². The molecule has 19 aromatic rings. The summed E-state index contributed by atoms with van der Waals surface area (Å²) in [7, 11) is 0. The lowest BCUT2D eigenvalue weighted by molar-refractivity contribution is 0.668. The zero-order valence-electron chi connectivity index (χ0n) is 50.2. The predicted molar refractivity (Wildman–Crippen MR) is 396 cm³/mol. The summed E-state index contributed by atoms with van der Waals surface area (Å²) >= 11 is 3.61. The van der Waals surface area contributed by atoms with Crippen molar-refractivity contribution in [2.45, 2.75) is 0 Å². The molecule has 5 heteroatoms. The van der Waals surface area contributed by atoms with Gasteiger partial charge in [-0.15, -0.1) is 0 Å². The van der Waals surface area contributed by atoms with Gasteiger partial charge in [0.15, 0.2) is 0 Å². The smallest absolute Gasteiger partial charge is 0.200 e. The summed E-state index contributed by atoms with van der Waals surface area (Å²) < 4.78 is 16.8. The maximum absolute atomic E-state index is 6.79. The highest BCUT2D eigenvalue weighted by molar-refractivity contribution is 9.10. The first kappa shape index (κ1) is 54.1. The van der Waals surface area contributed by atoms with Crippen LogP contribution in [0, 0.1) is 6.08 Å². The summed E-state index contributed by atoms with van der Waals surface area (Å²) in [6.07, 6.45) is 9.38. The SMILES string of the molecule is Brc1cc(-c2ccccc2)cc(-c2ccccc2)c1.[C+]1=Cc2c(c3ccccc3c3c2oc2ccc4[nH]c5ccccc5c4c23)C=C1.c1ccc(-c2cc(-c3ccccc3)cc(-n3c4ccccc4c4c5c(ccc43)oc3c4ccccc4c4ccccc4c35)c2)cc1. The highest BCUT2D eigenvalue weighted by Gasteiger charge is 2.27. The Bertz CT molecular complexity index is 6110. The third-order valence-corrected chi connectivity index (χ3v) is 19.0. The van der Waals surface area contributed by atoms with Crippen molar-refractivity contribution in [3.05, 3.63) is 331 Å². The van der Waals surface area contributed by atoms with Crippen molar-refractivity contribution in [1.82, 2.24) is 9.55 Å². The Labute approximate surface area is 544 Å². The third-order valence-electron chi connectivity index (χ3n) is 18.6. The predicted octanol–water partition coefficient (Wildman–Crippen LogP) is 25.3. The lowest BCUT2D eigenvalue weighted by Crippen LogP contribution is -1.96. The second kappa shape index (κ2) is 22.3. The average molecular weight is 1250 g/mol. The van der Waals surface area contributed by atoms with Gasteiger partial charge in [-0.1, -0.05) is 246 Å². The normalized spacial score (nSPS) is 12.0. The topological polar surface area (TPSA) is 47.0 Å². The van der Waals surface area contributed by atoms with Crippen LogP contribution in [0.5, 0.6) is 0 Å². The summed E-state index contributed by atoms with van der Waals surface area (Å²) in [6, 6.07) is 108. The monoisotopic (exact) mass is 1250 g/mol. The number of hydrogen-bond acceptors (Lipinski definition) is 2. The standard InChI is InChI=1S/C44H27NO.C26H14NO.C18H13Br/c1-3-13-28(14-4-1)30-25-31(29-15-5-2-6-16-29)27-32(26-30)45-38-22-12-11-21-37(38)41-39(45)23-24-40-43(41)42-35-19-9-7-17-33(35)34-18-8-10-20-36(34)44(42)46-40;1-3-9-17-15(7-1)16-8-2-4-10-18(16)26-24(17)25-22(28-26)14-13-21-23(25)19-11-5-6-12-20(19)27-21;19-18-12-16(14-7-3-1-4-8-14)11-17(13-18)15-9-5-2-6-10-15/h1-27H;1-3,5-14,27H;1-13H/q;+1;. The highest BCUT2D eigenvalue weighted by atomic mass is 79.9. The molecule has 4 heterocycles. The van der Waals surface area contributed by atoms with E-state index in [2.05, 4.69) is 329 Å². The van der Waals surface area contributed by atoms with Gasteiger partial charge in [0.1, 0.15) is 40.0 Å². The fourth-order valence-corrected chi connectivity index (χ4v) is 15.0. The summed E-state index contributed by atoms with van der Waals surface area (Å²) in [6.45, 7) is 0. The van der Waals surface area contributed by atoms with Gasteiger partial charge in [0, 0.05) is 75.7 Å². The molecule has 0 spiro atoms. The van der Waals surface area contributed by atoms with Crippen LogP contribution < -0.4 is 0 Å². The van der Waals surface area contributed by atoms with Crippen LogP contribution in [0.1, 0.15) is 11.1 Å². The van der Waals surface area contributed by atoms with E-state index in [1.807, 2.05) is 24.3 Å². The zero-order valence-corrected chi connectivity index (χ0v) is 51.8. The Morgan fingerprint density at radius 3 is 1.37 bits per heavy atom. The molecule has 0 radical (unpaired) electrons. The molecule has 0 unspecified atom stereocenters. The molecule has 0 aliphatic heterocycles. The molecule has 1 N–H and O–H groups in total. The molecule has 0 atom stereocenters. The second-order valence-electron chi connectivity index (χ2n) is 23.9. The van der Waals surface area contributed by atoms with Crippen molar-refractivity contribution in [1.29, 1.82) is 0 Å². The van der Waals surface area contributed by atoms with Crippen molar-refractivity contribution in [3.63, 3.8) is 0 Å². The number of hydrogen-bond donors (Lipinski definition) is 1. The molecule has 20 rings (SSSR count). The summed E-state index contributed by atoms with van der Waals surface area (Å²) in [5, 5.41) is 16.9. The first-order valence-corrected chi connectivity index (χ1v) is 32.3. The van der Waals surface area contributed by atoms with Crippen LogP contribution >= 0.6 is 15.9 Å². The van der Waals surface area contributed by atoms with Crippen LogP contribution in [-0.2, 0) is 0 Å². The maximum Gasteiger partial charge on any atom is 0.200 e. The summed E-state index contributed by atoms with van der Waals surface area (Å²) in [5.74, 6) is 0. The van der Waals surface area contributed by atoms with E-state index in [-0.39, 0.29) is 0 Å². The molecule has 0 bridgehead atoms. The van der Waals surface area contributed by atoms with E-state index >= 15 is 0 Å². The molecule has 15 aromatic carbocycles. The molecule has 4 nitrogen and oxygen atoms in total. The highest BCUT2D eigenvalue weighted by Crippen LogP contribution is 2.48. The van der Waals surface area contributed by atoms with Gasteiger partial charge in [0.05, 0.1) is 22.5 Å². The number of rotatable bonds is 5. The van der Waals surface area contributed by atoms with E-state index in [1.165, 1.54) is 126 Å².